The Morgan fingerprint density at radius 2 is 2.07 bits per heavy atom. The van der Waals surface area contributed by atoms with Crippen LogP contribution in [-0.4, -0.2) is 38.8 Å². The highest BCUT2D eigenvalue weighted by molar-refractivity contribution is 5.77. The van der Waals surface area contributed by atoms with E-state index in [4.69, 9.17) is 4.74 Å². The fraction of sp³-hybridized carbons (Fsp3) is 0.900. The first-order valence-electron chi connectivity index (χ1n) is 5.36. The van der Waals surface area contributed by atoms with Crippen molar-refractivity contribution in [2.45, 2.75) is 26.7 Å². The number of carbonyl (C=O) groups is 1. The fourth-order valence-corrected chi connectivity index (χ4v) is 1.01. The number of hydrogen-bond donors (Lipinski definition) is 2. The van der Waals surface area contributed by atoms with Gasteiger partial charge >= 0.3 is 0 Å². The molecule has 0 atom stereocenters. The van der Waals surface area contributed by atoms with E-state index >= 15 is 0 Å². The molecule has 14 heavy (non-hydrogen) atoms. The predicted molar refractivity (Wildman–Crippen MR) is 57.3 cm³/mol. The van der Waals surface area contributed by atoms with Crippen molar-refractivity contribution in [3.63, 3.8) is 0 Å². The molecule has 0 aliphatic heterocycles. The molecule has 1 amide bonds. The third kappa shape index (κ3) is 9.48. The molecule has 0 radical (unpaired) electrons. The Balaban J connectivity index is 3.01. The van der Waals surface area contributed by atoms with Gasteiger partial charge in [-0.15, -0.1) is 0 Å². The van der Waals surface area contributed by atoms with Gasteiger partial charge in [0.05, 0.1) is 6.54 Å². The predicted octanol–water partition coefficient (Wildman–Crippen LogP) is 0.529. The van der Waals surface area contributed by atoms with E-state index in [1.165, 1.54) is 0 Å². The molecule has 84 valence electrons. The van der Waals surface area contributed by atoms with Crippen LogP contribution in [0, 0.1) is 0 Å². The normalized spacial score (nSPS) is 10.1. The van der Waals surface area contributed by atoms with Crippen LogP contribution in [0.15, 0.2) is 0 Å². The van der Waals surface area contributed by atoms with E-state index in [9.17, 15) is 4.79 Å². The second-order valence-corrected chi connectivity index (χ2v) is 3.10. The largest absolute Gasteiger partial charge is 0.381 e. The zero-order chi connectivity index (χ0) is 10.6. The topological polar surface area (TPSA) is 50.4 Å². The standard InChI is InChI=1S/C10H22N2O2/c1-3-7-14-8-5-6-11-9-10(13)12-4-2/h11H,3-9H2,1-2H3,(H,12,13). The summed E-state index contributed by atoms with van der Waals surface area (Å²) in [4.78, 5) is 11.0. The molecule has 0 aromatic rings. The molecular formula is C10H22N2O2. The van der Waals surface area contributed by atoms with Crippen molar-refractivity contribution in [2.24, 2.45) is 0 Å². The number of ether oxygens (including phenoxy) is 1. The number of nitrogens with one attached hydrogen (secondary N) is 2. The molecule has 4 nitrogen and oxygen atoms in total. The minimum atomic E-state index is 0.0574. The lowest BCUT2D eigenvalue weighted by molar-refractivity contribution is -0.120. The van der Waals surface area contributed by atoms with E-state index in [0.717, 1.165) is 32.6 Å². The molecule has 0 rings (SSSR count). The van der Waals surface area contributed by atoms with Gasteiger partial charge in [0.25, 0.3) is 0 Å². The van der Waals surface area contributed by atoms with Crippen LogP contribution in [0.25, 0.3) is 0 Å². The molecule has 0 spiro atoms. The Bertz CT molecular complexity index is 140. The van der Waals surface area contributed by atoms with Crippen molar-refractivity contribution in [3.05, 3.63) is 0 Å². The Kier molecular flexibility index (Phi) is 10.0. The first-order valence-corrected chi connectivity index (χ1v) is 5.36. The summed E-state index contributed by atoms with van der Waals surface area (Å²) in [7, 11) is 0. The minimum absolute atomic E-state index is 0.0574. The molecule has 0 saturated carbocycles. The molecule has 4 heteroatoms. The lowest BCUT2D eigenvalue weighted by Gasteiger charge is -2.05. The van der Waals surface area contributed by atoms with E-state index in [0.29, 0.717) is 13.1 Å². The van der Waals surface area contributed by atoms with Gasteiger partial charge in [0.1, 0.15) is 0 Å². The van der Waals surface area contributed by atoms with Crippen LogP contribution < -0.4 is 10.6 Å². The van der Waals surface area contributed by atoms with Gasteiger partial charge in [-0.05, 0) is 26.3 Å². The highest BCUT2D eigenvalue weighted by Gasteiger charge is 1.96. The number of likely N-dealkylation sites (N-methyl/N-ethyl adjacent to an activating group) is 1. The summed E-state index contributed by atoms with van der Waals surface area (Å²) in [6.07, 6.45) is 2.02. The summed E-state index contributed by atoms with van der Waals surface area (Å²) in [5.74, 6) is 0.0574. The van der Waals surface area contributed by atoms with Gasteiger partial charge in [0.15, 0.2) is 0 Å². The van der Waals surface area contributed by atoms with Gasteiger partial charge in [-0.1, -0.05) is 6.92 Å². The van der Waals surface area contributed by atoms with Crippen molar-refractivity contribution < 1.29 is 9.53 Å². The smallest absolute Gasteiger partial charge is 0.233 e. The first-order chi connectivity index (χ1) is 6.81. The van der Waals surface area contributed by atoms with E-state index in [-0.39, 0.29) is 5.91 Å². The third-order valence-electron chi connectivity index (χ3n) is 1.65. The van der Waals surface area contributed by atoms with Crippen LogP contribution in [0.5, 0.6) is 0 Å². The second-order valence-electron chi connectivity index (χ2n) is 3.10. The number of amides is 1. The molecule has 0 aromatic carbocycles. The Morgan fingerprint density at radius 1 is 1.29 bits per heavy atom. The maximum Gasteiger partial charge on any atom is 0.233 e. The SMILES string of the molecule is CCCOCCCNCC(=O)NCC. The molecule has 2 N–H and O–H groups in total. The number of carbonyl (C=O) groups excluding carboxylic acids is 1. The van der Waals surface area contributed by atoms with Crippen LogP contribution >= 0.6 is 0 Å². The third-order valence-corrected chi connectivity index (χ3v) is 1.65. The van der Waals surface area contributed by atoms with Gasteiger partial charge in [-0.2, -0.15) is 0 Å². The lowest BCUT2D eigenvalue weighted by Crippen LogP contribution is -2.34. The van der Waals surface area contributed by atoms with E-state index in [1.807, 2.05) is 6.92 Å². The van der Waals surface area contributed by atoms with Gasteiger partial charge in [-0.3, -0.25) is 4.79 Å². The molecule has 0 unspecified atom stereocenters. The zero-order valence-electron chi connectivity index (χ0n) is 9.27. The summed E-state index contributed by atoms with van der Waals surface area (Å²) in [6.45, 7) is 7.54. The summed E-state index contributed by atoms with van der Waals surface area (Å²) < 4.78 is 5.30. The maximum atomic E-state index is 11.0. The van der Waals surface area contributed by atoms with E-state index < -0.39 is 0 Å². The highest BCUT2D eigenvalue weighted by Crippen LogP contribution is 1.83. The fourth-order valence-electron chi connectivity index (χ4n) is 1.01. The van der Waals surface area contributed by atoms with Crippen LogP contribution in [0.1, 0.15) is 26.7 Å². The van der Waals surface area contributed by atoms with Gasteiger partial charge in [0, 0.05) is 19.8 Å². The van der Waals surface area contributed by atoms with Crippen molar-refractivity contribution in [1.82, 2.24) is 10.6 Å². The van der Waals surface area contributed by atoms with Crippen molar-refractivity contribution in [2.75, 3.05) is 32.8 Å². The second kappa shape index (κ2) is 10.5. The molecule has 0 heterocycles. The van der Waals surface area contributed by atoms with E-state index in [1.54, 1.807) is 0 Å². The first kappa shape index (κ1) is 13.4. The van der Waals surface area contributed by atoms with Crippen LogP contribution in [0.4, 0.5) is 0 Å². The summed E-state index contributed by atoms with van der Waals surface area (Å²) in [6, 6.07) is 0. The highest BCUT2D eigenvalue weighted by atomic mass is 16.5. The maximum absolute atomic E-state index is 11.0. The van der Waals surface area contributed by atoms with Crippen molar-refractivity contribution in [1.29, 1.82) is 0 Å². The summed E-state index contributed by atoms with van der Waals surface area (Å²) in [5.41, 5.74) is 0. The van der Waals surface area contributed by atoms with Gasteiger partial charge < -0.3 is 15.4 Å². The Labute approximate surface area is 86.4 Å². The summed E-state index contributed by atoms with van der Waals surface area (Å²) in [5, 5.41) is 5.78. The number of hydrogen-bond acceptors (Lipinski definition) is 3. The van der Waals surface area contributed by atoms with Crippen LogP contribution in [0.2, 0.25) is 0 Å². The lowest BCUT2D eigenvalue weighted by atomic mass is 10.4. The zero-order valence-corrected chi connectivity index (χ0v) is 9.27. The van der Waals surface area contributed by atoms with Crippen LogP contribution in [-0.2, 0) is 9.53 Å². The van der Waals surface area contributed by atoms with Crippen molar-refractivity contribution >= 4 is 5.91 Å². The van der Waals surface area contributed by atoms with Crippen molar-refractivity contribution in [3.8, 4) is 0 Å². The van der Waals surface area contributed by atoms with E-state index in [2.05, 4.69) is 17.6 Å². The summed E-state index contributed by atoms with van der Waals surface area (Å²) >= 11 is 0. The van der Waals surface area contributed by atoms with Gasteiger partial charge in [-0.25, -0.2) is 0 Å². The quantitative estimate of drug-likeness (QED) is 0.536. The molecule has 0 aliphatic carbocycles. The van der Waals surface area contributed by atoms with Crippen LogP contribution in [0.3, 0.4) is 0 Å². The molecule has 0 fully saturated rings. The minimum Gasteiger partial charge on any atom is -0.381 e. The molecule has 0 aliphatic rings. The molecule has 0 saturated heterocycles. The Morgan fingerprint density at radius 3 is 2.71 bits per heavy atom. The average molecular weight is 202 g/mol. The van der Waals surface area contributed by atoms with Gasteiger partial charge in [0.2, 0.25) is 5.91 Å². The Hall–Kier alpha value is -0.610. The molecule has 0 bridgehead atoms. The molecular weight excluding hydrogens is 180 g/mol. The monoisotopic (exact) mass is 202 g/mol. The average Bonchev–Trinajstić information content (AvgIpc) is 2.17. The number of rotatable bonds is 9. The molecule has 0 aromatic heterocycles.